The number of nitrogens with one attached hydrogen (secondary N) is 1. The molecule has 0 aliphatic heterocycles. The van der Waals surface area contributed by atoms with Gasteiger partial charge in [-0.1, -0.05) is 31.4 Å². The van der Waals surface area contributed by atoms with Crippen molar-refractivity contribution in [1.82, 2.24) is 9.29 Å². The van der Waals surface area contributed by atoms with Gasteiger partial charge in [-0.3, -0.25) is 0 Å². The number of nitrogens with two attached hydrogens (primary N) is 1. The molecule has 1 rings (SSSR count). The highest BCUT2D eigenvalue weighted by molar-refractivity contribution is 7.89. The number of anilines is 1. The maximum atomic E-state index is 12.7. The van der Waals surface area contributed by atoms with Crippen molar-refractivity contribution in [2.75, 3.05) is 12.0 Å². The second-order valence-corrected chi connectivity index (χ2v) is 7.36. The van der Waals surface area contributed by atoms with Crippen LogP contribution in [0.25, 0.3) is 0 Å². The molecular weight excluding hydrogens is 312 g/mol. The van der Waals surface area contributed by atoms with E-state index in [0.29, 0.717) is 6.54 Å². The minimum Gasteiger partial charge on any atom is -0.307 e. The summed E-state index contributed by atoms with van der Waals surface area (Å²) in [5.74, 6) is 5.49. The molecule has 1 aromatic heterocycles. The van der Waals surface area contributed by atoms with Gasteiger partial charge in [-0.05, 0) is 26.3 Å². The molecule has 0 atom stereocenters. The van der Waals surface area contributed by atoms with Crippen LogP contribution < -0.4 is 11.3 Å². The largest absolute Gasteiger partial charge is 0.307 e. The van der Waals surface area contributed by atoms with Crippen molar-refractivity contribution < 1.29 is 8.42 Å². The van der Waals surface area contributed by atoms with Crippen LogP contribution in [0.2, 0.25) is 5.02 Å². The SMILES string of the molecule is CCCCCN(C(C)C)S(=O)(=O)c1cnc(NN)c(Cl)c1. The predicted octanol–water partition coefficient (Wildman–Crippen LogP) is 2.61. The molecule has 0 fully saturated rings. The summed E-state index contributed by atoms with van der Waals surface area (Å²) in [5, 5.41) is 0.177. The van der Waals surface area contributed by atoms with Gasteiger partial charge >= 0.3 is 0 Å². The maximum absolute atomic E-state index is 12.7. The zero-order valence-corrected chi connectivity index (χ0v) is 14.2. The average Bonchev–Trinajstić information content (AvgIpc) is 2.42. The summed E-state index contributed by atoms with van der Waals surface area (Å²) in [5.41, 5.74) is 2.32. The quantitative estimate of drug-likeness (QED) is 0.433. The van der Waals surface area contributed by atoms with Crippen LogP contribution in [-0.2, 0) is 10.0 Å². The number of rotatable bonds is 8. The van der Waals surface area contributed by atoms with Gasteiger partial charge < -0.3 is 5.43 Å². The first-order valence-corrected chi connectivity index (χ1v) is 8.80. The van der Waals surface area contributed by atoms with E-state index in [1.165, 1.54) is 16.6 Å². The minimum atomic E-state index is -3.61. The summed E-state index contributed by atoms with van der Waals surface area (Å²) in [7, 11) is -3.61. The Labute approximate surface area is 131 Å². The molecule has 0 aromatic carbocycles. The van der Waals surface area contributed by atoms with Gasteiger partial charge in [-0.2, -0.15) is 4.31 Å². The molecule has 0 spiro atoms. The first-order chi connectivity index (χ1) is 9.84. The smallest absolute Gasteiger partial charge is 0.244 e. The summed E-state index contributed by atoms with van der Waals surface area (Å²) in [6, 6.07) is 1.24. The molecular formula is C13H23ClN4O2S. The van der Waals surface area contributed by atoms with E-state index in [1.807, 2.05) is 13.8 Å². The van der Waals surface area contributed by atoms with Crippen LogP contribution in [0.3, 0.4) is 0 Å². The monoisotopic (exact) mass is 334 g/mol. The normalized spacial score (nSPS) is 12.1. The van der Waals surface area contributed by atoms with Crippen molar-refractivity contribution >= 4 is 27.4 Å². The molecule has 0 unspecified atom stereocenters. The van der Waals surface area contributed by atoms with Gasteiger partial charge in [0.15, 0.2) is 5.82 Å². The number of hydrogen-bond acceptors (Lipinski definition) is 5. The Morgan fingerprint density at radius 3 is 2.57 bits per heavy atom. The zero-order chi connectivity index (χ0) is 16.0. The van der Waals surface area contributed by atoms with E-state index in [2.05, 4.69) is 17.3 Å². The molecule has 120 valence electrons. The van der Waals surface area contributed by atoms with Gasteiger partial charge in [-0.15, -0.1) is 0 Å². The number of nitrogen functional groups attached to an aromatic ring is 1. The van der Waals surface area contributed by atoms with Crippen LogP contribution in [0, 0.1) is 0 Å². The molecule has 1 heterocycles. The fourth-order valence-electron chi connectivity index (χ4n) is 1.98. The highest BCUT2D eigenvalue weighted by Gasteiger charge is 2.27. The minimum absolute atomic E-state index is 0.0803. The van der Waals surface area contributed by atoms with Crippen molar-refractivity contribution in [3.8, 4) is 0 Å². The van der Waals surface area contributed by atoms with Crippen LogP contribution in [-0.4, -0.2) is 30.3 Å². The Kier molecular flexibility index (Phi) is 6.86. The van der Waals surface area contributed by atoms with E-state index in [-0.39, 0.29) is 21.8 Å². The lowest BCUT2D eigenvalue weighted by Crippen LogP contribution is -2.37. The molecule has 0 aliphatic rings. The van der Waals surface area contributed by atoms with Crippen LogP contribution in [0.4, 0.5) is 5.82 Å². The Bertz CT molecular complexity index is 563. The number of hydrazine groups is 1. The molecule has 21 heavy (non-hydrogen) atoms. The standard InChI is InChI=1S/C13H23ClN4O2S/c1-4-5-6-7-18(10(2)3)21(19,20)11-8-12(14)13(17-15)16-9-11/h8-10H,4-7,15H2,1-3H3,(H,16,17). The lowest BCUT2D eigenvalue weighted by atomic mass is 10.2. The van der Waals surface area contributed by atoms with Gasteiger partial charge in [0.1, 0.15) is 4.90 Å². The van der Waals surface area contributed by atoms with Crippen molar-refractivity contribution in [2.24, 2.45) is 5.84 Å². The predicted molar refractivity (Wildman–Crippen MR) is 85.6 cm³/mol. The highest BCUT2D eigenvalue weighted by Crippen LogP contribution is 2.25. The van der Waals surface area contributed by atoms with Crippen molar-refractivity contribution in [3.63, 3.8) is 0 Å². The van der Waals surface area contributed by atoms with E-state index >= 15 is 0 Å². The number of halogens is 1. The molecule has 0 radical (unpaired) electrons. The van der Waals surface area contributed by atoms with Gasteiger partial charge in [0.25, 0.3) is 0 Å². The second kappa shape index (κ2) is 7.93. The number of aromatic nitrogens is 1. The van der Waals surface area contributed by atoms with Crippen LogP contribution in [0.5, 0.6) is 0 Å². The van der Waals surface area contributed by atoms with Gasteiger partial charge in [0.2, 0.25) is 10.0 Å². The first-order valence-electron chi connectivity index (χ1n) is 6.98. The van der Waals surface area contributed by atoms with Gasteiger partial charge in [-0.25, -0.2) is 19.2 Å². The summed E-state index contributed by atoms with van der Waals surface area (Å²) in [6.07, 6.45) is 4.13. The van der Waals surface area contributed by atoms with E-state index in [0.717, 1.165) is 19.3 Å². The van der Waals surface area contributed by atoms with E-state index in [9.17, 15) is 8.42 Å². The van der Waals surface area contributed by atoms with Crippen LogP contribution in [0.1, 0.15) is 40.0 Å². The Morgan fingerprint density at radius 1 is 1.43 bits per heavy atom. The van der Waals surface area contributed by atoms with Crippen molar-refractivity contribution in [3.05, 3.63) is 17.3 Å². The Hall–Kier alpha value is -0.890. The Morgan fingerprint density at radius 2 is 2.10 bits per heavy atom. The van der Waals surface area contributed by atoms with E-state index < -0.39 is 10.0 Å². The first kappa shape index (κ1) is 18.2. The van der Waals surface area contributed by atoms with Gasteiger partial charge in [0, 0.05) is 18.8 Å². The fourth-order valence-corrected chi connectivity index (χ4v) is 3.91. The van der Waals surface area contributed by atoms with Crippen LogP contribution >= 0.6 is 11.6 Å². The lowest BCUT2D eigenvalue weighted by molar-refractivity contribution is 0.345. The highest BCUT2D eigenvalue weighted by atomic mass is 35.5. The third-order valence-electron chi connectivity index (χ3n) is 3.12. The second-order valence-electron chi connectivity index (χ2n) is 5.06. The molecule has 0 saturated heterocycles. The third kappa shape index (κ3) is 4.54. The number of sulfonamides is 1. The van der Waals surface area contributed by atoms with Crippen molar-refractivity contribution in [2.45, 2.75) is 51.0 Å². The summed E-state index contributed by atoms with van der Waals surface area (Å²) in [6.45, 7) is 6.28. The molecule has 0 bridgehead atoms. The number of nitrogens with zero attached hydrogens (tertiary/aromatic N) is 2. The number of hydrogen-bond donors (Lipinski definition) is 2. The fraction of sp³-hybridized carbons (Fsp3) is 0.615. The molecule has 1 aromatic rings. The number of unbranched alkanes of at least 4 members (excludes halogenated alkanes) is 2. The summed E-state index contributed by atoms with van der Waals surface area (Å²) in [4.78, 5) is 4.01. The molecule has 3 N–H and O–H groups in total. The molecule has 0 amide bonds. The van der Waals surface area contributed by atoms with Gasteiger partial charge in [0.05, 0.1) is 5.02 Å². The summed E-state index contributed by atoms with van der Waals surface area (Å²) >= 11 is 5.96. The maximum Gasteiger partial charge on any atom is 0.244 e. The molecule has 0 aliphatic carbocycles. The third-order valence-corrected chi connectivity index (χ3v) is 5.45. The zero-order valence-electron chi connectivity index (χ0n) is 12.6. The molecule has 6 nitrogen and oxygen atoms in total. The summed E-state index contributed by atoms with van der Waals surface area (Å²) < 4.78 is 26.9. The Balaban J connectivity index is 3.08. The average molecular weight is 335 g/mol. The van der Waals surface area contributed by atoms with E-state index in [4.69, 9.17) is 17.4 Å². The number of pyridine rings is 1. The molecule has 0 saturated carbocycles. The van der Waals surface area contributed by atoms with Crippen LogP contribution in [0.15, 0.2) is 17.2 Å². The van der Waals surface area contributed by atoms with Crippen molar-refractivity contribution in [1.29, 1.82) is 0 Å². The topological polar surface area (TPSA) is 88.3 Å². The van der Waals surface area contributed by atoms with E-state index in [1.54, 1.807) is 0 Å². The molecule has 8 heteroatoms. The lowest BCUT2D eigenvalue weighted by Gasteiger charge is -2.26.